The lowest BCUT2D eigenvalue weighted by molar-refractivity contribution is 0.332. The standard InChI is InChI=1S/C61H59BN2O/c1-57(2)24-25-58(3,4)44-30-36(22-23-43(44)57)64-49-32-47-51(38-18-13-14-21-42(38)61(47,9)10)52(39-20-15-19-37-40-28-34-16-11-12-17-35(34)29-48(40)63-54(37)39)53(49)62-56-55(64)41-31-45-46(33-50(41)65-56)60(7,8)27-26-59(45,5)6/h11-23,28-33,62-63H,24-27H2,1-10H3. The summed E-state index contributed by atoms with van der Waals surface area (Å²) in [6.07, 6.45) is 4.69. The molecule has 4 aliphatic rings. The van der Waals surface area contributed by atoms with Crippen LogP contribution >= 0.6 is 0 Å². The molecule has 3 aliphatic carbocycles. The van der Waals surface area contributed by atoms with Crippen molar-refractivity contribution in [1.82, 2.24) is 4.98 Å². The molecular weight excluding hydrogens is 787 g/mol. The Balaban J connectivity index is 1.16. The van der Waals surface area contributed by atoms with Gasteiger partial charge in [-0.15, -0.1) is 0 Å². The number of para-hydroxylation sites is 1. The molecule has 322 valence electrons. The van der Waals surface area contributed by atoms with Gasteiger partial charge in [0.1, 0.15) is 5.58 Å². The third kappa shape index (κ3) is 5.32. The summed E-state index contributed by atoms with van der Waals surface area (Å²) >= 11 is 0. The topological polar surface area (TPSA) is 32.2 Å². The van der Waals surface area contributed by atoms with Crippen molar-refractivity contribution < 1.29 is 4.42 Å². The maximum absolute atomic E-state index is 7.36. The lowest BCUT2D eigenvalue weighted by Gasteiger charge is -2.43. The molecule has 0 saturated heterocycles. The number of hydrogen-bond donors (Lipinski definition) is 1. The molecule has 0 spiro atoms. The second-order valence-corrected chi connectivity index (χ2v) is 23.5. The van der Waals surface area contributed by atoms with Crippen LogP contribution in [0.3, 0.4) is 0 Å². The molecule has 7 aromatic carbocycles. The molecule has 0 saturated carbocycles. The van der Waals surface area contributed by atoms with Gasteiger partial charge in [-0.2, -0.15) is 0 Å². The summed E-state index contributed by atoms with van der Waals surface area (Å²) in [7, 11) is 0.697. The van der Waals surface area contributed by atoms with Gasteiger partial charge >= 0.3 is 0 Å². The van der Waals surface area contributed by atoms with E-state index in [1.807, 2.05) is 0 Å². The van der Waals surface area contributed by atoms with Crippen molar-refractivity contribution in [3.63, 3.8) is 0 Å². The first kappa shape index (κ1) is 39.4. The zero-order chi connectivity index (χ0) is 44.7. The van der Waals surface area contributed by atoms with Crippen molar-refractivity contribution in [2.45, 2.75) is 122 Å². The third-order valence-electron chi connectivity index (χ3n) is 17.3. The van der Waals surface area contributed by atoms with Crippen molar-refractivity contribution in [1.29, 1.82) is 0 Å². The minimum absolute atomic E-state index is 0.0538. The molecule has 2 aromatic heterocycles. The van der Waals surface area contributed by atoms with Crippen LogP contribution in [0.15, 0.2) is 120 Å². The normalized spacial score (nSPS) is 19.1. The van der Waals surface area contributed by atoms with Gasteiger partial charge in [0, 0.05) is 44.0 Å². The van der Waals surface area contributed by atoms with Crippen molar-refractivity contribution in [2.75, 3.05) is 4.90 Å². The molecule has 0 atom stereocenters. The van der Waals surface area contributed by atoms with Crippen LogP contribution < -0.4 is 16.0 Å². The molecule has 4 heteroatoms. The number of H-pyrrole nitrogens is 1. The highest BCUT2D eigenvalue weighted by Gasteiger charge is 2.45. The summed E-state index contributed by atoms with van der Waals surface area (Å²) in [4.78, 5) is 6.67. The molecule has 3 nitrogen and oxygen atoms in total. The fourth-order valence-corrected chi connectivity index (χ4v) is 13.2. The van der Waals surface area contributed by atoms with E-state index in [2.05, 4.69) is 194 Å². The lowest BCUT2D eigenvalue weighted by atomic mass is 9.59. The first-order valence-electron chi connectivity index (χ1n) is 24.2. The number of aromatic nitrogens is 1. The fourth-order valence-electron chi connectivity index (χ4n) is 13.2. The van der Waals surface area contributed by atoms with E-state index in [0.29, 0.717) is 7.28 Å². The van der Waals surface area contributed by atoms with Gasteiger partial charge in [0.15, 0.2) is 0 Å². The number of furan rings is 1. The van der Waals surface area contributed by atoms with Gasteiger partial charge in [0.2, 0.25) is 7.28 Å². The van der Waals surface area contributed by atoms with Crippen molar-refractivity contribution in [3.8, 4) is 22.3 Å². The summed E-state index contributed by atoms with van der Waals surface area (Å²) in [5.74, 6) is 0. The quantitative estimate of drug-likeness (QED) is 0.176. The average molecular weight is 847 g/mol. The number of fused-ring (bicyclic) bond motifs is 13. The zero-order valence-electron chi connectivity index (χ0n) is 39.9. The van der Waals surface area contributed by atoms with Crippen LogP contribution in [0.5, 0.6) is 0 Å². The van der Waals surface area contributed by atoms with E-state index in [0.717, 1.165) is 17.7 Å². The van der Waals surface area contributed by atoms with Crippen LogP contribution in [0.4, 0.5) is 17.1 Å². The summed E-state index contributed by atoms with van der Waals surface area (Å²) in [6, 6.07) is 44.6. The van der Waals surface area contributed by atoms with Gasteiger partial charge in [-0.25, -0.2) is 0 Å². The van der Waals surface area contributed by atoms with E-state index in [1.54, 1.807) is 0 Å². The highest BCUT2D eigenvalue weighted by Crippen LogP contribution is 2.57. The minimum Gasteiger partial charge on any atom is -0.469 e. The fraction of sp³-hybridized carbons (Fsp3) is 0.311. The number of benzene rings is 7. The van der Waals surface area contributed by atoms with Gasteiger partial charge in [-0.3, -0.25) is 0 Å². The molecule has 3 heterocycles. The smallest absolute Gasteiger partial charge is 0.244 e. The summed E-state index contributed by atoms with van der Waals surface area (Å²) in [5, 5.41) is 6.26. The molecule has 0 fully saturated rings. The Morgan fingerprint density at radius 1 is 0.508 bits per heavy atom. The van der Waals surface area contributed by atoms with Crippen molar-refractivity contribution in [3.05, 3.63) is 149 Å². The third-order valence-corrected chi connectivity index (χ3v) is 17.3. The molecule has 9 aromatic rings. The first-order valence-corrected chi connectivity index (χ1v) is 24.2. The maximum atomic E-state index is 7.36. The number of hydrogen-bond acceptors (Lipinski definition) is 2. The Bertz CT molecular complexity index is 3570. The first-order chi connectivity index (χ1) is 30.9. The number of anilines is 3. The number of nitrogens with one attached hydrogen (secondary N) is 1. The second kappa shape index (κ2) is 12.7. The van der Waals surface area contributed by atoms with Gasteiger partial charge < -0.3 is 14.3 Å². The molecule has 65 heavy (non-hydrogen) atoms. The monoisotopic (exact) mass is 846 g/mol. The largest absolute Gasteiger partial charge is 0.469 e. The van der Waals surface area contributed by atoms with E-state index >= 15 is 0 Å². The van der Waals surface area contributed by atoms with Crippen molar-refractivity contribution in [2.24, 2.45) is 0 Å². The molecule has 13 rings (SSSR count). The maximum Gasteiger partial charge on any atom is 0.244 e. The highest BCUT2D eigenvalue weighted by molar-refractivity contribution is 6.73. The Hall–Kier alpha value is -6.00. The summed E-state index contributed by atoms with van der Waals surface area (Å²) in [5.41, 5.74) is 23.4. The molecule has 1 N–H and O–H groups in total. The van der Waals surface area contributed by atoms with E-state index < -0.39 is 0 Å². The van der Waals surface area contributed by atoms with Crippen LogP contribution in [-0.4, -0.2) is 12.3 Å². The SMILES string of the molecule is CC1(C)CCC(C)(C)c2cc(N3c4cc5c(c(-c6cccc7c6[nH]c6cc8ccccc8cc67)c4Bc4oc6cc7c(cc6c43)C(C)(C)CCC7(C)C)-c3ccccc3C5(C)C)ccc21. The predicted octanol–water partition coefficient (Wildman–Crippen LogP) is 15.1. The van der Waals surface area contributed by atoms with Crippen LogP contribution in [-0.2, 0) is 27.1 Å². The van der Waals surface area contributed by atoms with E-state index in [9.17, 15) is 0 Å². The average Bonchev–Trinajstić information content (AvgIpc) is 3.90. The molecular formula is C61H59BN2O. The molecule has 0 amide bonds. The van der Waals surface area contributed by atoms with Crippen LogP contribution in [0.2, 0.25) is 0 Å². The Morgan fingerprint density at radius 2 is 1.14 bits per heavy atom. The summed E-state index contributed by atoms with van der Waals surface area (Å²) in [6.45, 7) is 24.4. The second-order valence-electron chi connectivity index (χ2n) is 23.5. The van der Waals surface area contributed by atoms with Gasteiger partial charge in [-0.1, -0.05) is 142 Å². The minimum atomic E-state index is -0.220. The van der Waals surface area contributed by atoms with Crippen LogP contribution in [0.1, 0.15) is 128 Å². The molecule has 1 aliphatic heterocycles. The van der Waals surface area contributed by atoms with Crippen molar-refractivity contribution >= 4 is 79.0 Å². The molecule has 0 unspecified atom stereocenters. The van der Waals surface area contributed by atoms with Gasteiger partial charge in [0.05, 0.1) is 16.9 Å². The van der Waals surface area contributed by atoms with E-state index in [4.69, 9.17) is 4.42 Å². The number of rotatable bonds is 2. The lowest BCUT2D eigenvalue weighted by Crippen LogP contribution is -2.41. The Labute approximate surface area is 384 Å². The van der Waals surface area contributed by atoms with E-state index in [1.165, 1.54) is 135 Å². The Kier molecular flexibility index (Phi) is 7.67. The van der Waals surface area contributed by atoms with Gasteiger partial charge in [-0.05, 0) is 156 Å². The van der Waals surface area contributed by atoms with E-state index in [-0.39, 0.29) is 27.1 Å². The summed E-state index contributed by atoms with van der Waals surface area (Å²) < 4.78 is 7.36. The van der Waals surface area contributed by atoms with Gasteiger partial charge in [0.25, 0.3) is 0 Å². The highest BCUT2D eigenvalue weighted by atomic mass is 16.3. The predicted molar refractivity (Wildman–Crippen MR) is 278 cm³/mol. The number of aromatic amines is 1. The molecule has 0 bridgehead atoms. The molecule has 0 radical (unpaired) electrons. The van der Waals surface area contributed by atoms with Crippen LogP contribution in [0, 0.1) is 0 Å². The van der Waals surface area contributed by atoms with Crippen LogP contribution in [0.25, 0.3) is 65.8 Å². The number of nitrogens with zero attached hydrogens (tertiary/aromatic N) is 1. The zero-order valence-corrected chi connectivity index (χ0v) is 39.9. The Morgan fingerprint density at radius 3 is 1.88 bits per heavy atom.